The maximum atomic E-state index is 12.5. The summed E-state index contributed by atoms with van der Waals surface area (Å²) in [6.07, 6.45) is 5.72. The fourth-order valence-corrected chi connectivity index (χ4v) is 2.50. The summed E-state index contributed by atoms with van der Waals surface area (Å²) in [6.45, 7) is 0.483. The third-order valence-electron chi connectivity index (χ3n) is 3.86. The molecule has 0 aliphatic rings. The lowest BCUT2D eigenvalue weighted by molar-refractivity contribution is -0.125. The maximum absolute atomic E-state index is 12.5. The van der Waals surface area contributed by atoms with Crippen molar-refractivity contribution in [3.63, 3.8) is 0 Å². The molecular formula is C18H17N3O2. The van der Waals surface area contributed by atoms with E-state index in [0.717, 1.165) is 16.5 Å². The largest absolute Gasteiger partial charge is 0.360 e. The smallest absolute Gasteiger partial charge is 0.294 e. The number of likely N-dealkylation sites (N-methyl/N-ethyl adjacent to an activating group) is 1. The molecule has 0 fully saturated rings. The van der Waals surface area contributed by atoms with E-state index < -0.39 is 11.7 Å². The number of H-pyrrole nitrogens is 1. The lowest BCUT2D eigenvalue weighted by Crippen LogP contribution is -2.34. The second-order valence-electron chi connectivity index (χ2n) is 5.41. The predicted octanol–water partition coefficient (Wildman–Crippen LogP) is 2.45. The number of fused-ring (bicyclic) bond motifs is 1. The van der Waals surface area contributed by atoms with Crippen molar-refractivity contribution < 1.29 is 9.59 Å². The van der Waals surface area contributed by atoms with Gasteiger partial charge in [-0.05, 0) is 30.2 Å². The van der Waals surface area contributed by atoms with Gasteiger partial charge in [-0.3, -0.25) is 14.6 Å². The Morgan fingerprint density at radius 2 is 1.87 bits per heavy atom. The second kappa shape index (κ2) is 6.44. The number of nitrogens with one attached hydrogen (secondary N) is 1. The highest BCUT2D eigenvalue weighted by atomic mass is 16.2. The molecule has 0 aliphatic heterocycles. The molecule has 5 heteroatoms. The van der Waals surface area contributed by atoms with Crippen LogP contribution >= 0.6 is 0 Å². The molecular weight excluding hydrogens is 290 g/mol. The first kappa shape index (κ1) is 15.0. The Morgan fingerprint density at radius 1 is 1.13 bits per heavy atom. The van der Waals surface area contributed by atoms with Gasteiger partial charge in [-0.1, -0.05) is 18.2 Å². The number of aromatic amines is 1. The van der Waals surface area contributed by atoms with E-state index in [4.69, 9.17) is 0 Å². The minimum atomic E-state index is -0.496. The molecule has 0 unspecified atom stereocenters. The molecule has 2 aromatic heterocycles. The molecule has 0 saturated carbocycles. The number of hydrogen-bond acceptors (Lipinski definition) is 3. The van der Waals surface area contributed by atoms with Crippen LogP contribution in [0.15, 0.2) is 55.0 Å². The third-order valence-corrected chi connectivity index (χ3v) is 3.86. The Hall–Kier alpha value is -2.95. The first-order chi connectivity index (χ1) is 11.2. The lowest BCUT2D eigenvalue weighted by Gasteiger charge is -2.16. The van der Waals surface area contributed by atoms with E-state index in [2.05, 4.69) is 9.97 Å². The van der Waals surface area contributed by atoms with Crippen molar-refractivity contribution in [3.8, 4) is 0 Å². The molecule has 1 aromatic carbocycles. The molecule has 1 amide bonds. The quantitative estimate of drug-likeness (QED) is 0.581. The molecule has 1 N–H and O–H groups in total. The van der Waals surface area contributed by atoms with Crippen LogP contribution in [-0.4, -0.2) is 40.2 Å². The standard InChI is InChI=1S/C18H17N3O2/c1-21(11-8-13-6-9-19-10-7-13)18(23)17(22)15-12-20-16-5-3-2-4-14(15)16/h2-7,9-10,12,20H,8,11H2,1H3. The molecule has 116 valence electrons. The highest BCUT2D eigenvalue weighted by molar-refractivity contribution is 6.44. The Kier molecular flexibility index (Phi) is 4.19. The summed E-state index contributed by atoms with van der Waals surface area (Å²) >= 11 is 0. The molecule has 0 bridgehead atoms. The maximum Gasteiger partial charge on any atom is 0.294 e. The van der Waals surface area contributed by atoms with Crippen LogP contribution in [0, 0.1) is 0 Å². The van der Waals surface area contributed by atoms with Gasteiger partial charge in [-0.25, -0.2) is 0 Å². The summed E-state index contributed by atoms with van der Waals surface area (Å²) in [4.78, 5) is 33.3. The number of hydrogen-bond donors (Lipinski definition) is 1. The minimum Gasteiger partial charge on any atom is -0.360 e. The molecule has 2 heterocycles. The van der Waals surface area contributed by atoms with Gasteiger partial charge >= 0.3 is 0 Å². The zero-order valence-corrected chi connectivity index (χ0v) is 12.8. The van der Waals surface area contributed by atoms with Gasteiger partial charge in [0, 0.05) is 43.1 Å². The summed E-state index contributed by atoms with van der Waals surface area (Å²) in [5, 5.41) is 0.772. The van der Waals surface area contributed by atoms with E-state index in [1.54, 1.807) is 25.6 Å². The Bertz CT molecular complexity index is 840. The Balaban J connectivity index is 1.70. The second-order valence-corrected chi connectivity index (χ2v) is 5.41. The molecule has 0 saturated heterocycles. The van der Waals surface area contributed by atoms with Gasteiger partial charge in [0.05, 0.1) is 5.56 Å². The average Bonchev–Trinajstić information content (AvgIpc) is 3.03. The predicted molar refractivity (Wildman–Crippen MR) is 88.2 cm³/mol. The number of pyridine rings is 1. The van der Waals surface area contributed by atoms with Gasteiger partial charge < -0.3 is 9.88 Å². The van der Waals surface area contributed by atoms with Gasteiger partial charge in [-0.15, -0.1) is 0 Å². The molecule has 0 spiro atoms. The van der Waals surface area contributed by atoms with Gasteiger partial charge in [0.25, 0.3) is 11.7 Å². The van der Waals surface area contributed by atoms with Crippen molar-refractivity contribution in [1.29, 1.82) is 0 Å². The van der Waals surface area contributed by atoms with Crippen molar-refractivity contribution >= 4 is 22.6 Å². The number of ketones is 1. The number of Topliss-reactive ketones (excluding diaryl/α,β-unsaturated/α-hetero) is 1. The van der Waals surface area contributed by atoms with E-state index in [-0.39, 0.29) is 0 Å². The van der Waals surface area contributed by atoms with E-state index in [1.165, 1.54) is 4.90 Å². The molecule has 23 heavy (non-hydrogen) atoms. The lowest BCUT2D eigenvalue weighted by atomic mass is 10.1. The normalized spacial score (nSPS) is 10.7. The SMILES string of the molecule is CN(CCc1ccncc1)C(=O)C(=O)c1c[nH]c2ccccc12. The van der Waals surface area contributed by atoms with Crippen LogP contribution < -0.4 is 0 Å². The van der Waals surface area contributed by atoms with Gasteiger partial charge in [0.15, 0.2) is 0 Å². The number of rotatable bonds is 5. The van der Waals surface area contributed by atoms with E-state index in [0.29, 0.717) is 18.5 Å². The average molecular weight is 307 g/mol. The van der Waals surface area contributed by atoms with Crippen LogP contribution in [-0.2, 0) is 11.2 Å². The van der Waals surface area contributed by atoms with Gasteiger partial charge in [0.2, 0.25) is 0 Å². The zero-order chi connectivity index (χ0) is 16.2. The number of carbonyl (C=O) groups excluding carboxylic acids is 2. The minimum absolute atomic E-state index is 0.418. The van der Waals surface area contributed by atoms with Gasteiger partial charge in [-0.2, -0.15) is 0 Å². The van der Waals surface area contributed by atoms with Crippen molar-refractivity contribution in [2.45, 2.75) is 6.42 Å². The number of carbonyl (C=O) groups is 2. The van der Waals surface area contributed by atoms with Crippen molar-refractivity contribution in [2.24, 2.45) is 0 Å². The molecule has 3 rings (SSSR count). The highest BCUT2D eigenvalue weighted by Gasteiger charge is 2.22. The monoisotopic (exact) mass is 307 g/mol. The van der Waals surface area contributed by atoms with Crippen LogP contribution in [0.4, 0.5) is 0 Å². The third kappa shape index (κ3) is 3.13. The van der Waals surface area contributed by atoms with E-state index in [9.17, 15) is 9.59 Å². The summed E-state index contributed by atoms with van der Waals surface area (Å²) in [5.41, 5.74) is 2.35. The number of aromatic nitrogens is 2. The number of amides is 1. The van der Waals surface area contributed by atoms with Crippen LogP contribution in [0.25, 0.3) is 10.9 Å². The molecule has 0 radical (unpaired) electrons. The number of nitrogens with zero attached hydrogens (tertiary/aromatic N) is 2. The fraction of sp³-hybridized carbons (Fsp3) is 0.167. The molecule has 5 nitrogen and oxygen atoms in total. The van der Waals surface area contributed by atoms with Crippen LogP contribution in [0.5, 0.6) is 0 Å². The van der Waals surface area contributed by atoms with E-state index in [1.807, 2.05) is 36.4 Å². The first-order valence-electron chi connectivity index (χ1n) is 7.41. The summed E-state index contributed by atoms with van der Waals surface area (Å²) in [7, 11) is 1.65. The first-order valence-corrected chi connectivity index (χ1v) is 7.41. The van der Waals surface area contributed by atoms with Crippen LogP contribution in [0.2, 0.25) is 0 Å². The van der Waals surface area contributed by atoms with Crippen LogP contribution in [0.3, 0.4) is 0 Å². The van der Waals surface area contributed by atoms with Gasteiger partial charge in [0.1, 0.15) is 0 Å². The van der Waals surface area contributed by atoms with Crippen molar-refractivity contribution in [3.05, 3.63) is 66.1 Å². The Labute approximate surface area is 134 Å². The summed E-state index contributed by atoms with van der Waals surface area (Å²) in [6, 6.07) is 11.3. The summed E-state index contributed by atoms with van der Waals surface area (Å²) < 4.78 is 0. The zero-order valence-electron chi connectivity index (χ0n) is 12.8. The fourth-order valence-electron chi connectivity index (χ4n) is 2.50. The van der Waals surface area contributed by atoms with Crippen molar-refractivity contribution in [1.82, 2.24) is 14.9 Å². The van der Waals surface area contributed by atoms with Crippen molar-refractivity contribution in [2.75, 3.05) is 13.6 Å². The number of para-hydroxylation sites is 1. The number of benzene rings is 1. The summed E-state index contributed by atoms with van der Waals surface area (Å²) in [5.74, 6) is -0.983. The molecule has 0 atom stereocenters. The van der Waals surface area contributed by atoms with Crippen LogP contribution in [0.1, 0.15) is 15.9 Å². The topological polar surface area (TPSA) is 66.1 Å². The Morgan fingerprint density at radius 3 is 2.65 bits per heavy atom. The highest BCUT2D eigenvalue weighted by Crippen LogP contribution is 2.18. The van der Waals surface area contributed by atoms with E-state index >= 15 is 0 Å². The molecule has 0 aliphatic carbocycles. The molecule has 3 aromatic rings.